The molecule has 1 heterocycles. The lowest BCUT2D eigenvalue weighted by Gasteiger charge is -2.33. The molecule has 27 heavy (non-hydrogen) atoms. The molecule has 0 saturated carbocycles. The van der Waals surface area contributed by atoms with Crippen molar-refractivity contribution >= 4 is 11.6 Å². The Morgan fingerprint density at radius 3 is 2.15 bits per heavy atom. The number of nitrogens with zero attached hydrogens (tertiary/aromatic N) is 1. The van der Waals surface area contributed by atoms with Crippen molar-refractivity contribution in [2.24, 2.45) is 0 Å². The number of nitrogens with one attached hydrogen (secondary N) is 1. The lowest BCUT2D eigenvalue weighted by molar-refractivity contribution is 0.0718. The quantitative estimate of drug-likeness (QED) is 0.844. The van der Waals surface area contributed by atoms with E-state index in [1.807, 2.05) is 47.4 Å². The summed E-state index contributed by atoms with van der Waals surface area (Å²) in [4.78, 5) is 14.6. The Kier molecular flexibility index (Phi) is 6.06. The van der Waals surface area contributed by atoms with E-state index in [1.54, 1.807) is 21.3 Å². The van der Waals surface area contributed by atoms with Crippen molar-refractivity contribution in [3.63, 3.8) is 0 Å². The number of rotatable bonds is 6. The summed E-state index contributed by atoms with van der Waals surface area (Å²) < 4.78 is 15.9. The average Bonchev–Trinajstić information content (AvgIpc) is 2.73. The topological polar surface area (TPSA) is 60.0 Å². The van der Waals surface area contributed by atoms with Crippen LogP contribution in [0.2, 0.25) is 0 Å². The molecule has 144 valence electrons. The molecule has 0 aromatic heterocycles. The first-order valence-electron chi connectivity index (χ1n) is 9.06. The van der Waals surface area contributed by atoms with Crippen LogP contribution in [-0.4, -0.2) is 51.3 Å². The van der Waals surface area contributed by atoms with Gasteiger partial charge in [0.15, 0.2) is 0 Å². The van der Waals surface area contributed by atoms with Gasteiger partial charge in [-0.3, -0.25) is 4.79 Å². The van der Waals surface area contributed by atoms with Gasteiger partial charge in [0.2, 0.25) is 0 Å². The van der Waals surface area contributed by atoms with E-state index >= 15 is 0 Å². The first kappa shape index (κ1) is 18.9. The molecule has 6 heteroatoms. The van der Waals surface area contributed by atoms with Crippen molar-refractivity contribution in [3.05, 3.63) is 48.0 Å². The summed E-state index contributed by atoms with van der Waals surface area (Å²) in [7, 11) is 4.92. The normalized spacial score (nSPS) is 14.6. The number of benzene rings is 2. The minimum Gasteiger partial charge on any atom is -0.497 e. The van der Waals surface area contributed by atoms with Gasteiger partial charge in [-0.15, -0.1) is 0 Å². The zero-order valence-corrected chi connectivity index (χ0v) is 16.0. The summed E-state index contributed by atoms with van der Waals surface area (Å²) in [6.07, 6.45) is 1.75. The summed E-state index contributed by atoms with van der Waals surface area (Å²) >= 11 is 0. The fourth-order valence-electron chi connectivity index (χ4n) is 3.29. The highest BCUT2D eigenvalue weighted by Crippen LogP contribution is 2.31. The fourth-order valence-corrected chi connectivity index (χ4v) is 3.29. The summed E-state index contributed by atoms with van der Waals surface area (Å²) in [6, 6.07) is 13.2. The number of ether oxygens (including phenoxy) is 3. The smallest absolute Gasteiger partial charge is 0.253 e. The maximum atomic E-state index is 12.7. The molecule has 1 fully saturated rings. The van der Waals surface area contributed by atoms with Crippen LogP contribution in [0.3, 0.4) is 0 Å². The molecule has 1 saturated heterocycles. The minimum absolute atomic E-state index is 0.0649. The molecular weight excluding hydrogens is 344 g/mol. The van der Waals surface area contributed by atoms with Gasteiger partial charge in [-0.1, -0.05) is 0 Å². The molecule has 3 rings (SSSR count). The number of likely N-dealkylation sites (tertiary alicyclic amines) is 1. The Hall–Kier alpha value is -2.89. The van der Waals surface area contributed by atoms with E-state index in [0.717, 1.165) is 48.9 Å². The summed E-state index contributed by atoms with van der Waals surface area (Å²) in [5.41, 5.74) is 1.61. The van der Waals surface area contributed by atoms with E-state index in [0.29, 0.717) is 5.56 Å². The molecule has 1 amide bonds. The highest BCUT2D eigenvalue weighted by Gasteiger charge is 2.24. The molecule has 2 aromatic rings. The molecule has 0 spiro atoms. The van der Waals surface area contributed by atoms with Crippen molar-refractivity contribution in [3.8, 4) is 17.2 Å². The third kappa shape index (κ3) is 4.45. The second kappa shape index (κ2) is 8.66. The van der Waals surface area contributed by atoms with Crippen LogP contribution in [0.4, 0.5) is 5.69 Å². The number of hydrogen-bond acceptors (Lipinski definition) is 5. The number of hydrogen-bond donors (Lipinski definition) is 1. The summed E-state index contributed by atoms with van der Waals surface area (Å²) in [5.74, 6) is 2.38. The molecule has 2 aromatic carbocycles. The van der Waals surface area contributed by atoms with E-state index in [9.17, 15) is 4.79 Å². The fraction of sp³-hybridized carbons (Fsp3) is 0.381. The first-order chi connectivity index (χ1) is 13.1. The zero-order chi connectivity index (χ0) is 19.2. The van der Waals surface area contributed by atoms with Gasteiger partial charge < -0.3 is 24.4 Å². The van der Waals surface area contributed by atoms with Gasteiger partial charge in [-0.25, -0.2) is 0 Å². The molecule has 0 bridgehead atoms. The van der Waals surface area contributed by atoms with Crippen LogP contribution >= 0.6 is 0 Å². The monoisotopic (exact) mass is 370 g/mol. The predicted molar refractivity (Wildman–Crippen MR) is 105 cm³/mol. The van der Waals surface area contributed by atoms with E-state index in [1.165, 1.54) is 0 Å². The maximum absolute atomic E-state index is 12.7. The number of carbonyl (C=O) groups excluding carboxylic acids is 1. The molecule has 1 aliphatic rings. The van der Waals surface area contributed by atoms with Crippen LogP contribution in [-0.2, 0) is 0 Å². The highest BCUT2D eigenvalue weighted by atomic mass is 16.5. The predicted octanol–water partition coefficient (Wildman–Crippen LogP) is 3.43. The van der Waals surface area contributed by atoms with Gasteiger partial charge in [-0.05, 0) is 49.2 Å². The number of piperidine rings is 1. The molecule has 0 atom stereocenters. The van der Waals surface area contributed by atoms with Gasteiger partial charge in [0.25, 0.3) is 5.91 Å². The molecule has 6 nitrogen and oxygen atoms in total. The molecule has 0 unspecified atom stereocenters. The number of carbonyl (C=O) groups is 1. The van der Waals surface area contributed by atoms with E-state index in [-0.39, 0.29) is 11.9 Å². The van der Waals surface area contributed by atoms with Gasteiger partial charge >= 0.3 is 0 Å². The third-order valence-corrected chi connectivity index (χ3v) is 4.89. The number of methoxy groups -OCH3 is 3. The van der Waals surface area contributed by atoms with Gasteiger partial charge in [0.05, 0.1) is 27.0 Å². The Balaban J connectivity index is 1.59. The van der Waals surface area contributed by atoms with E-state index < -0.39 is 0 Å². The SMILES string of the molecule is COc1ccc(C(=O)N2CCC(Nc3cc(OC)ccc3OC)CC2)cc1. The number of anilines is 1. The molecule has 0 radical (unpaired) electrons. The Morgan fingerprint density at radius 2 is 1.56 bits per heavy atom. The molecule has 0 aliphatic carbocycles. The van der Waals surface area contributed by atoms with Crippen molar-refractivity contribution in [1.29, 1.82) is 0 Å². The molecule has 1 aliphatic heterocycles. The van der Waals surface area contributed by atoms with Gasteiger partial charge in [-0.2, -0.15) is 0 Å². The minimum atomic E-state index is 0.0649. The van der Waals surface area contributed by atoms with Gasteiger partial charge in [0.1, 0.15) is 17.2 Å². The maximum Gasteiger partial charge on any atom is 0.253 e. The largest absolute Gasteiger partial charge is 0.497 e. The molecule has 1 N–H and O–H groups in total. The standard InChI is InChI=1S/C21H26N2O4/c1-25-17-6-4-15(5-7-17)21(24)23-12-10-16(11-13-23)22-19-14-18(26-2)8-9-20(19)27-3/h4-9,14,16,22H,10-13H2,1-3H3. The lowest BCUT2D eigenvalue weighted by Crippen LogP contribution is -2.42. The van der Waals surface area contributed by atoms with Crippen LogP contribution in [0.25, 0.3) is 0 Å². The summed E-state index contributed by atoms with van der Waals surface area (Å²) in [5, 5.41) is 3.53. The first-order valence-corrected chi connectivity index (χ1v) is 9.06. The average molecular weight is 370 g/mol. The second-order valence-electron chi connectivity index (χ2n) is 6.51. The zero-order valence-electron chi connectivity index (χ0n) is 16.0. The Labute approximate surface area is 160 Å². The molecular formula is C21H26N2O4. The Bertz CT molecular complexity index is 768. The van der Waals surface area contributed by atoms with Gasteiger partial charge in [0, 0.05) is 30.8 Å². The van der Waals surface area contributed by atoms with Crippen LogP contribution in [0.1, 0.15) is 23.2 Å². The van der Waals surface area contributed by atoms with Crippen molar-refractivity contribution < 1.29 is 19.0 Å². The van der Waals surface area contributed by atoms with Crippen LogP contribution in [0.15, 0.2) is 42.5 Å². The third-order valence-electron chi connectivity index (χ3n) is 4.89. The van der Waals surface area contributed by atoms with Crippen molar-refractivity contribution in [1.82, 2.24) is 4.90 Å². The van der Waals surface area contributed by atoms with Crippen LogP contribution in [0, 0.1) is 0 Å². The lowest BCUT2D eigenvalue weighted by atomic mass is 10.0. The number of amides is 1. The van der Waals surface area contributed by atoms with Crippen LogP contribution < -0.4 is 19.5 Å². The van der Waals surface area contributed by atoms with E-state index in [2.05, 4.69) is 5.32 Å². The van der Waals surface area contributed by atoms with Crippen LogP contribution in [0.5, 0.6) is 17.2 Å². The second-order valence-corrected chi connectivity index (χ2v) is 6.51. The van der Waals surface area contributed by atoms with Crippen molar-refractivity contribution in [2.45, 2.75) is 18.9 Å². The highest BCUT2D eigenvalue weighted by molar-refractivity contribution is 5.94. The van der Waals surface area contributed by atoms with Crippen molar-refractivity contribution in [2.75, 3.05) is 39.7 Å². The summed E-state index contributed by atoms with van der Waals surface area (Å²) in [6.45, 7) is 1.43. The Morgan fingerprint density at radius 1 is 0.926 bits per heavy atom. The van der Waals surface area contributed by atoms with E-state index in [4.69, 9.17) is 14.2 Å².